The van der Waals surface area contributed by atoms with E-state index < -0.39 is 36.6 Å². The highest BCUT2D eigenvalue weighted by molar-refractivity contribution is 5.67. The molecule has 1 unspecified atom stereocenters. The van der Waals surface area contributed by atoms with Gasteiger partial charge in [-0.05, 0) is 16.8 Å². The van der Waals surface area contributed by atoms with E-state index in [2.05, 4.69) is 15.5 Å². The molecule has 6 nitrogen and oxygen atoms in total. The van der Waals surface area contributed by atoms with Crippen LogP contribution in [0.3, 0.4) is 0 Å². The summed E-state index contributed by atoms with van der Waals surface area (Å²) in [5.41, 5.74) is 0. The third kappa shape index (κ3) is 3.38. The number of tetrazole rings is 1. The summed E-state index contributed by atoms with van der Waals surface area (Å²) in [6.07, 6.45) is -3.84. The van der Waals surface area contributed by atoms with E-state index in [1.165, 1.54) is 0 Å². The Morgan fingerprint density at radius 1 is 1.47 bits per heavy atom. The van der Waals surface area contributed by atoms with Crippen LogP contribution in [0.5, 0.6) is 0 Å². The molecule has 0 aliphatic carbocycles. The second kappa shape index (κ2) is 5.93. The Labute approximate surface area is 105 Å². The number of nitrogens with zero attached hydrogens (tertiary/aromatic N) is 4. The van der Waals surface area contributed by atoms with Crippen LogP contribution in [0, 0.1) is 0 Å². The summed E-state index contributed by atoms with van der Waals surface area (Å²) in [4.78, 5) is 10.7. The van der Waals surface area contributed by atoms with Crippen LogP contribution >= 0.6 is 0 Å². The van der Waals surface area contributed by atoms with Crippen molar-refractivity contribution in [3.05, 3.63) is 5.82 Å². The molecule has 108 valence electrons. The Morgan fingerprint density at radius 3 is 2.58 bits per heavy atom. The van der Waals surface area contributed by atoms with Gasteiger partial charge in [0.25, 0.3) is 0 Å². The third-order valence-corrected chi connectivity index (χ3v) is 2.44. The van der Waals surface area contributed by atoms with Crippen LogP contribution < -0.4 is 0 Å². The lowest BCUT2D eigenvalue weighted by Gasteiger charge is -2.19. The molecule has 1 heterocycles. The van der Waals surface area contributed by atoms with E-state index in [4.69, 9.17) is 5.11 Å². The highest BCUT2D eigenvalue weighted by atomic mass is 19.3. The molecular formula is C9H12F4N4O2. The number of rotatable bonds is 7. The summed E-state index contributed by atoms with van der Waals surface area (Å²) in [5, 5.41) is 17.7. The molecule has 0 radical (unpaired) electrons. The lowest BCUT2D eigenvalue weighted by atomic mass is 10.1. The lowest BCUT2D eigenvalue weighted by Crippen LogP contribution is -2.30. The van der Waals surface area contributed by atoms with Crippen LogP contribution in [-0.2, 0) is 10.7 Å². The van der Waals surface area contributed by atoms with E-state index in [-0.39, 0.29) is 6.42 Å². The monoisotopic (exact) mass is 284 g/mol. The van der Waals surface area contributed by atoms with Gasteiger partial charge in [-0.25, -0.2) is 13.5 Å². The second-order valence-electron chi connectivity index (χ2n) is 3.91. The maximum atomic E-state index is 13.2. The van der Waals surface area contributed by atoms with Crippen molar-refractivity contribution in [1.29, 1.82) is 0 Å². The minimum Gasteiger partial charge on any atom is -0.481 e. The number of alkyl halides is 4. The first-order valence-electron chi connectivity index (χ1n) is 5.46. The molecule has 0 aliphatic rings. The summed E-state index contributed by atoms with van der Waals surface area (Å²) in [6.45, 7) is 1.70. The molecule has 0 aliphatic heterocycles. The van der Waals surface area contributed by atoms with Crippen molar-refractivity contribution in [3.63, 3.8) is 0 Å². The van der Waals surface area contributed by atoms with E-state index in [0.29, 0.717) is 11.1 Å². The van der Waals surface area contributed by atoms with Gasteiger partial charge in [0.15, 0.2) is 0 Å². The van der Waals surface area contributed by atoms with E-state index in [1.54, 1.807) is 6.92 Å². The van der Waals surface area contributed by atoms with Crippen molar-refractivity contribution in [3.8, 4) is 0 Å². The van der Waals surface area contributed by atoms with Gasteiger partial charge in [0.05, 0.1) is 12.5 Å². The molecular weight excluding hydrogens is 272 g/mol. The van der Waals surface area contributed by atoms with E-state index in [9.17, 15) is 22.4 Å². The summed E-state index contributed by atoms with van der Waals surface area (Å²) >= 11 is 0. The highest BCUT2D eigenvalue weighted by Crippen LogP contribution is 2.34. The normalized spacial score (nSPS) is 13.8. The van der Waals surface area contributed by atoms with Gasteiger partial charge in [0, 0.05) is 0 Å². The third-order valence-electron chi connectivity index (χ3n) is 2.44. The lowest BCUT2D eigenvalue weighted by molar-refractivity contribution is -0.145. The zero-order chi connectivity index (χ0) is 14.6. The van der Waals surface area contributed by atoms with Crippen molar-refractivity contribution >= 4 is 5.97 Å². The first-order valence-corrected chi connectivity index (χ1v) is 5.46. The van der Waals surface area contributed by atoms with E-state index in [1.807, 2.05) is 0 Å². The average molecular weight is 284 g/mol. The predicted molar refractivity (Wildman–Crippen MR) is 53.9 cm³/mol. The summed E-state index contributed by atoms with van der Waals surface area (Å²) in [7, 11) is 0. The Kier molecular flexibility index (Phi) is 4.78. The Balaban J connectivity index is 3.12. The molecule has 1 aromatic heterocycles. The quantitative estimate of drug-likeness (QED) is 0.773. The highest BCUT2D eigenvalue weighted by Gasteiger charge is 2.48. The number of aromatic nitrogens is 4. The number of hydrogen-bond acceptors (Lipinski definition) is 4. The molecule has 0 saturated heterocycles. The van der Waals surface area contributed by atoms with Crippen molar-refractivity contribution in [2.75, 3.05) is 0 Å². The van der Waals surface area contributed by atoms with Gasteiger partial charge < -0.3 is 5.11 Å². The Bertz CT molecular complexity index is 438. The second-order valence-corrected chi connectivity index (χ2v) is 3.91. The first kappa shape index (κ1) is 15.3. The molecule has 0 amide bonds. The van der Waals surface area contributed by atoms with Crippen molar-refractivity contribution in [1.82, 2.24) is 20.2 Å². The molecule has 1 atom stereocenters. The minimum absolute atomic E-state index is 0.184. The number of halogens is 4. The summed E-state index contributed by atoms with van der Waals surface area (Å²) in [6, 6.07) is -0.989. The van der Waals surface area contributed by atoms with E-state index >= 15 is 0 Å². The van der Waals surface area contributed by atoms with Crippen molar-refractivity contribution in [2.45, 2.75) is 44.6 Å². The maximum Gasteiger partial charge on any atom is 0.367 e. The molecule has 0 spiro atoms. The van der Waals surface area contributed by atoms with Gasteiger partial charge >= 0.3 is 18.3 Å². The number of carbonyl (C=O) groups is 1. The van der Waals surface area contributed by atoms with Crippen molar-refractivity contribution < 1.29 is 27.5 Å². The fourth-order valence-corrected chi connectivity index (χ4v) is 1.60. The van der Waals surface area contributed by atoms with Crippen LogP contribution in [-0.4, -0.2) is 37.7 Å². The van der Waals surface area contributed by atoms with Gasteiger partial charge in [0.1, 0.15) is 0 Å². The van der Waals surface area contributed by atoms with Gasteiger partial charge in [-0.1, -0.05) is 13.3 Å². The predicted octanol–water partition coefficient (Wildman–Crippen LogP) is 1.85. The molecule has 1 N–H and O–H groups in total. The molecule has 0 saturated carbocycles. The topological polar surface area (TPSA) is 80.9 Å². The van der Waals surface area contributed by atoms with Crippen LogP contribution in [0.2, 0.25) is 0 Å². The molecule has 10 heteroatoms. The Morgan fingerprint density at radius 2 is 2.11 bits per heavy atom. The van der Waals surface area contributed by atoms with Gasteiger partial charge in [-0.2, -0.15) is 8.78 Å². The molecule has 0 fully saturated rings. The SMILES string of the molecule is CCCC(CC(=O)O)n1nnnc1C(F)(F)C(F)F. The first-order chi connectivity index (χ1) is 8.80. The standard InChI is InChI=1S/C9H12F4N4O2/c1-2-3-5(4-6(18)19)17-8(14-15-16-17)9(12,13)7(10)11/h5,7H,2-4H2,1H3,(H,18,19). The van der Waals surface area contributed by atoms with E-state index in [0.717, 1.165) is 0 Å². The number of carboxylic acids is 1. The van der Waals surface area contributed by atoms with Crippen LogP contribution in [0.25, 0.3) is 0 Å². The van der Waals surface area contributed by atoms with Gasteiger partial charge in [-0.15, -0.1) is 5.10 Å². The van der Waals surface area contributed by atoms with Gasteiger partial charge in [0.2, 0.25) is 5.82 Å². The summed E-state index contributed by atoms with van der Waals surface area (Å²) in [5.74, 6) is -7.09. The molecule has 1 rings (SSSR count). The van der Waals surface area contributed by atoms with Crippen LogP contribution in [0.15, 0.2) is 0 Å². The molecule has 0 aromatic carbocycles. The average Bonchev–Trinajstić information content (AvgIpc) is 2.76. The molecule has 19 heavy (non-hydrogen) atoms. The van der Waals surface area contributed by atoms with Crippen LogP contribution in [0.1, 0.15) is 38.1 Å². The zero-order valence-corrected chi connectivity index (χ0v) is 9.93. The zero-order valence-electron chi connectivity index (χ0n) is 9.93. The molecule has 1 aromatic rings. The minimum atomic E-state index is -4.52. The van der Waals surface area contributed by atoms with Gasteiger partial charge in [-0.3, -0.25) is 4.79 Å². The number of hydrogen-bond donors (Lipinski definition) is 1. The smallest absolute Gasteiger partial charge is 0.367 e. The number of aliphatic carboxylic acids is 1. The largest absolute Gasteiger partial charge is 0.481 e. The van der Waals surface area contributed by atoms with Crippen molar-refractivity contribution in [2.24, 2.45) is 0 Å². The summed E-state index contributed by atoms with van der Waals surface area (Å²) < 4.78 is 51.6. The Hall–Kier alpha value is -1.74. The molecule has 0 bridgehead atoms. The fraction of sp³-hybridized carbons (Fsp3) is 0.778. The van der Waals surface area contributed by atoms with Crippen LogP contribution in [0.4, 0.5) is 17.6 Å². The maximum absolute atomic E-state index is 13.2. The fourth-order valence-electron chi connectivity index (χ4n) is 1.60. The number of carboxylic acid groups (broad SMARTS) is 1.